The molecule has 4 nitrogen and oxygen atoms in total. The van der Waals surface area contributed by atoms with E-state index < -0.39 is 0 Å². The van der Waals surface area contributed by atoms with E-state index in [0.717, 1.165) is 51.8 Å². The molecule has 436 valence electrons. The first-order valence-corrected chi connectivity index (χ1v) is 33.2. The summed E-state index contributed by atoms with van der Waals surface area (Å²) in [5.74, 6) is 0. The zero-order chi connectivity index (χ0) is 60.8. The van der Waals surface area contributed by atoms with Crippen LogP contribution in [0.25, 0.3) is 63.3 Å². The van der Waals surface area contributed by atoms with Crippen LogP contribution < -0.4 is 24.9 Å². The van der Waals surface area contributed by atoms with E-state index in [0.29, 0.717) is 0 Å². The van der Waals surface area contributed by atoms with Gasteiger partial charge in [-0.05, 0) is 181 Å². The number of rotatable bonds is 5. The first-order chi connectivity index (χ1) is 41.1. The number of thiophene rings is 2. The standard InChI is InChI=1S/C80H80BN3OS2/c1-75(2,3)47-21-29-51(30-22-47)82(52-31-23-48(24-32-52)76(4,5)6)55-37-38-57-58-42-60-64(46-69(58)86-67(57)41-55)84(54-35-27-50(28-36-54)78(10,11)12)81-71-65(44-59-56-19-17-18-20-66(56)85-73(59)70(60)71)83(53-33-25-49(26-34-53)77(7,8)9)72-61-43-62-63(45-68(61)87-74(72)81)80(15,16)40-39-79(62,13)14/h17-38,41-46H,39-40H2,1-16H3. The van der Waals surface area contributed by atoms with Crippen molar-refractivity contribution in [2.75, 3.05) is 14.6 Å². The molecule has 0 radical (unpaired) electrons. The Labute approximate surface area is 523 Å². The minimum Gasteiger partial charge on any atom is -0.455 e. The maximum absolute atomic E-state index is 7.35. The second kappa shape index (κ2) is 19.0. The Bertz CT molecular complexity index is 4720. The highest BCUT2D eigenvalue weighted by Gasteiger charge is 2.49. The molecule has 0 amide bonds. The number of nitrogens with zero attached hydrogens (tertiary/aromatic N) is 3. The van der Waals surface area contributed by atoms with Gasteiger partial charge in [-0.15, -0.1) is 22.7 Å². The zero-order valence-corrected chi connectivity index (χ0v) is 55.4. The van der Waals surface area contributed by atoms with Gasteiger partial charge >= 0.3 is 6.85 Å². The Morgan fingerprint density at radius 1 is 0.448 bits per heavy atom. The van der Waals surface area contributed by atoms with Crippen molar-refractivity contribution in [3.05, 3.63) is 203 Å². The van der Waals surface area contributed by atoms with Gasteiger partial charge in [0.25, 0.3) is 0 Å². The van der Waals surface area contributed by atoms with E-state index in [-0.39, 0.29) is 39.3 Å². The van der Waals surface area contributed by atoms with Crippen molar-refractivity contribution in [2.24, 2.45) is 0 Å². The van der Waals surface area contributed by atoms with Crippen LogP contribution in [0.4, 0.5) is 45.5 Å². The molecular formula is C80H80BN3OS2. The average molecular weight is 1170 g/mol. The molecule has 0 N–H and O–H groups in total. The Kier molecular flexibility index (Phi) is 12.2. The van der Waals surface area contributed by atoms with Gasteiger partial charge in [0.15, 0.2) is 0 Å². The molecule has 0 unspecified atom stereocenters. The van der Waals surface area contributed by atoms with Crippen LogP contribution in [0.2, 0.25) is 0 Å². The van der Waals surface area contributed by atoms with E-state index in [1.807, 2.05) is 22.7 Å². The van der Waals surface area contributed by atoms with Gasteiger partial charge in [0.05, 0.1) is 5.69 Å². The Morgan fingerprint density at radius 3 is 1.53 bits per heavy atom. The summed E-state index contributed by atoms with van der Waals surface area (Å²) in [5.41, 5.74) is 23.4. The molecule has 3 aromatic heterocycles. The van der Waals surface area contributed by atoms with Gasteiger partial charge < -0.3 is 19.0 Å². The summed E-state index contributed by atoms with van der Waals surface area (Å²) < 4.78 is 12.6. The van der Waals surface area contributed by atoms with Gasteiger partial charge in [0, 0.05) is 96.7 Å². The minimum atomic E-state index is -0.183. The molecule has 7 heteroatoms. The molecule has 0 fully saturated rings. The van der Waals surface area contributed by atoms with Crippen LogP contribution in [0.5, 0.6) is 0 Å². The number of hydrogen-bond donors (Lipinski definition) is 0. The molecule has 5 heterocycles. The lowest BCUT2D eigenvalue weighted by Gasteiger charge is -2.45. The number of furan rings is 1. The van der Waals surface area contributed by atoms with Crippen molar-refractivity contribution in [3.63, 3.8) is 0 Å². The van der Waals surface area contributed by atoms with Crippen LogP contribution in [0.15, 0.2) is 174 Å². The SMILES string of the molecule is CC(C)(C)c1ccc(N2B3c4sc5cc6c(cc5c4N(c4ccc(C(C)(C)C)cc4)c4cc5c(oc7ccccc75)c(c43)-c3cc4c(cc32)sc2cc(N(c3ccc(C(C)(C)C)cc3)c3ccc(C(C)(C)C)cc3)ccc24)C(C)(C)CCC6(C)C)cc1. The topological polar surface area (TPSA) is 22.9 Å². The number of hydrogen-bond acceptors (Lipinski definition) is 6. The molecule has 2 aliphatic heterocycles. The first kappa shape index (κ1) is 56.0. The first-order valence-electron chi connectivity index (χ1n) is 31.5. The molecule has 0 saturated carbocycles. The Balaban J connectivity index is 1.03. The quantitative estimate of drug-likeness (QED) is 0.160. The summed E-state index contributed by atoms with van der Waals surface area (Å²) in [5, 5.41) is 6.11. The highest BCUT2D eigenvalue weighted by molar-refractivity contribution is 7.32. The molecule has 3 aliphatic rings. The largest absolute Gasteiger partial charge is 0.455 e. The number of benzene rings is 9. The monoisotopic (exact) mass is 1170 g/mol. The number of anilines is 8. The normalized spacial score (nSPS) is 15.6. The fraction of sp³-hybridized carbons (Fsp3) is 0.300. The maximum atomic E-state index is 7.35. The van der Waals surface area contributed by atoms with Gasteiger partial charge in [-0.3, -0.25) is 0 Å². The van der Waals surface area contributed by atoms with Crippen molar-refractivity contribution in [1.29, 1.82) is 0 Å². The van der Waals surface area contributed by atoms with E-state index >= 15 is 0 Å². The lowest BCUT2D eigenvalue weighted by Crippen LogP contribution is -2.60. The fourth-order valence-electron chi connectivity index (χ4n) is 14.6. The number of para-hydroxylation sites is 1. The maximum Gasteiger partial charge on any atom is 0.343 e. The summed E-state index contributed by atoms with van der Waals surface area (Å²) >= 11 is 3.91. The van der Waals surface area contributed by atoms with E-state index in [4.69, 9.17) is 4.42 Å². The molecule has 15 rings (SSSR count). The Morgan fingerprint density at radius 2 is 0.954 bits per heavy atom. The van der Waals surface area contributed by atoms with Crippen LogP contribution >= 0.6 is 22.7 Å². The molecule has 12 aromatic rings. The fourth-order valence-corrected chi connectivity index (χ4v) is 17.1. The number of fused-ring (bicyclic) bond motifs is 14. The van der Waals surface area contributed by atoms with Crippen LogP contribution in [-0.4, -0.2) is 6.85 Å². The van der Waals surface area contributed by atoms with Gasteiger partial charge in [-0.2, -0.15) is 0 Å². The molecule has 0 spiro atoms. The zero-order valence-electron chi connectivity index (χ0n) is 53.7. The average Bonchev–Trinajstić information content (AvgIpc) is 1.68. The van der Waals surface area contributed by atoms with E-state index in [1.165, 1.54) is 113 Å². The third-order valence-corrected chi connectivity index (χ3v) is 22.2. The van der Waals surface area contributed by atoms with Crippen molar-refractivity contribution in [2.45, 2.75) is 156 Å². The minimum absolute atomic E-state index is 0.00139. The molecule has 0 saturated heterocycles. The molecule has 87 heavy (non-hydrogen) atoms. The molecule has 0 bridgehead atoms. The van der Waals surface area contributed by atoms with E-state index in [2.05, 4.69) is 295 Å². The van der Waals surface area contributed by atoms with Crippen LogP contribution in [0, 0.1) is 0 Å². The van der Waals surface area contributed by atoms with Gasteiger partial charge in [0.1, 0.15) is 11.2 Å². The van der Waals surface area contributed by atoms with E-state index in [9.17, 15) is 0 Å². The molecule has 1 aliphatic carbocycles. The molecule has 9 aromatic carbocycles. The van der Waals surface area contributed by atoms with Crippen molar-refractivity contribution >= 4 is 137 Å². The summed E-state index contributed by atoms with van der Waals surface area (Å²) in [6.07, 6.45) is 2.32. The van der Waals surface area contributed by atoms with Gasteiger partial charge in [-0.25, -0.2) is 0 Å². The highest BCUT2D eigenvalue weighted by Crippen LogP contribution is 2.57. The molecular weight excluding hydrogens is 1090 g/mol. The lowest BCUT2D eigenvalue weighted by atomic mass is 9.46. The molecule has 0 atom stereocenters. The summed E-state index contributed by atoms with van der Waals surface area (Å²) in [6.45, 7) is 37.4. The predicted octanol–water partition coefficient (Wildman–Crippen LogP) is 22.9. The van der Waals surface area contributed by atoms with Gasteiger partial charge in [-0.1, -0.05) is 184 Å². The summed E-state index contributed by atoms with van der Waals surface area (Å²) in [4.78, 5) is 7.83. The second-order valence-electron chi connectivity index (χ2n) is 30.9. The van der Waals surface area contributed by atoms with Crippen LogP contribution in [0.3, 0.4) is 0 Å². The third-order valence-electron chi connectivity index (χ3n) is 19.9. The lowest BCUT2D eigenvalue weighted by molar-refractivity contribution is 0.332. The Hall–Kier alpha value is -7.58. The highest BCUT2D eigenvalue weighted by atomic mass is 32.1. The van der Waals surface area contributed by atoms with Crippen molar-refractivity contribution < 1.29 is 4.42 Å². The summed E-state index contributed by atoms with van der Waals surface area (Å²) in [6, 6.07) is 66.2. The predicted molar refractivity (Wildman–Crippen MR) is 380 cm³/mol. The van der Waals surface area contributed by atoms with Crippen molar-refractivity contribution in [3.8, 4) is 11.1 Å². The van der Waals surface area contributed by atoms with Crippen molar-refractivity contribution in [1.82, 2.24) is 0 Å². The summed E-state index contributed by atoms with van der Waals surface area (Å²) in [7, 11) is 0. The van der Waals surface area contributed by atoms with E-state index in [1.54, 1.807) is 0 Å². The smallest absolute Gasteiger partial charge is 0.343 e. The van der Waals surface area contributed by atoms with Crippen LogP contribution in [0.1, 0.15) is 157 Å². The second-order valence-corrected chi connectivity index (χ2v) is 33.1. The van der Waals surface area contributed by atoms with Crippen LogP contribution in [-0.2, 0) is 32.5 Å². The third kappa shape index (κ3) is 8.86. The van der Waals surface area contributed by atoms with Gasteiger partial charge in [0.2, 0.25) is 0 Å².